The third-order valence-electron chi connectivity index (χ3n) is 2.27. The Labute approximate surface area is 101 Å². The van der Waals surface area contributed by atoms with Crippen molar-refractivity contribution in [3.63, 3.8) is 0 Å². The number of carbonyl (C=O) groups is 1. The Morgan fingerprint density at radius 2 is 2.25 bits per heavy atom. The van der Waals surface area contributed by atoms with Gasteiger partial charge in [0.05, 0.1) is 17.5 Å². The van der Waals surface area contributed by atoms with Crippen molar-refractivity contribution in [1.29, 1.82) is 0 Å². The van der Waals surface area contributed by atoms with E-state index in [0.717, 1.165) is 11.3 Å². The molecule has 16 heavy (non-hydrogen) atoms. The van der Waals surface area contributed by atoms with E-state index >= 15 is 0 Å². The Hall–Kier alpha value is -0.710. The maximum Gasteiger partial charge on any atom is 0.186 e. The molecule has 0 saturated heterocycles. The summed E-state index contributed by atoms with van der Waals surface area (Å²) in [6.07, 6.45) is 0.578. The predicted molar refractivity (Wildman–Crippen MR) is 67.2 cm³/mol. The summed E-state index contributed by atoms with van der Waals surface area (Å²) in [6, 6.07) is 3.90. The van der Waals surface area contributed by atoms with Crippen molar-refractivity contribution in [2.45, 2.75) is 26.4 Å². The Kier molecular flexibility index (Phi) is 5.12. The molecule has 1 unspecified atom stereocenters. The van der Waals surface area contributed by atoms with Gasteiger partial charge in [-0.15, -0.1) is 11.3 Å². The van der Waals surface area contributed by atoms with Crippen LogP contribution >= 0.6 is 11.3 Å². The number of ketones is 1. The highest BCUT2D eigenvalue weighted by Crippen LogP contribution is 2.17. The second kappa shape index (κ2) is 6.13. The Morgan fingerprint density at radius 1 is 1.56 bits per heavy atom. The molecule has 4 heteroatoms. The van der Waals surface area contributed by atoms with Gasteiger partial charge >= 0.3 is 0 Å². The largest absolute Gasteiger partial charge is 0.392 e. The molecule has 1 N–H and O–H groups in total. The van der Waals surface area contributed by atoms with E-state index < -0.39 is 6.10 Å². The normalized spacial score (nSPS) is 13.1. The zero-order valence-electron chi connectivity index (χ0n) is 10.1. The van der Waals surface area contributed by atoms with Crippen LogP contribution in [0.15, 0.2) is 12.1 Å². The minimum atomic E-state index is -0.396. The SMILES string of the molecule is CCc1ccc(C(=O)CN(C)CC(C)O)s1. The van der Waals surface area contributed by atoms with Gasteiger partial charge in [0.1, 0.15) is 0 Å². The molecule has 1 atom stereocenters. The lowest BCUT2D eigenvalue weighted by Crippen LogP contribution is -2.31. The van der Waals surface area contributed by atoms with Gasteiger partial charge in [0.25, 0.3) is 0 Å². The van der Waals surface area contributed by atoms with E-state index in [9.17, 15) is 9.90 Å². The lowest BCUT2D eigenvalue weighted by Gasteiger charge is -2.16. The number of aliphatic hydroxyl groups is 1. The highest BCUT2D eigenvalue weighted by molar-refractivity contribution is 7.14. The maximum absolute atomic E-state index is 11.9. The molecule has 0 bridgehead atoms. The molecule has 0 aliphatic heterocycles. The smallest absolute Gasteiger partial charge is 0.186 e. The van der Waals surface area contributed by atoms with Gasteiger partial charge in [-0.25, -0.2) is 0 Å². The summed E-state index contributed by atoms with van der Waals surface area (Å²) >= 11 is 1.56. The standard InChI is InChI=1S/C12H19NO2S/c1-4-10-5-6-12(16-10)11(15)8-13(3)7-9(2)14/h5-6,9,14H,4,7-8H2,1-3H3. The molecule has 0 aliphatic carbocycles. The monoisotopic (exact) mass is 241 g/mol. The van der Waals surface area contributed by atoms with Crippen LogP contribution in [0.4, 0.5) is 0 Å². The van der Waals surface area contributed by atoms with Gasteiger partial charge < -0.3 is 5.11 Å². The molecule has 0 aliphatic rings. The number of Topliss-reactive ketones (excluding diaryl/α,β-unsaturated/α-hetero) is 1. The molecule has 90 valence electrons. The molecule has 0 aromatic carbocycles. The zero-order chi connectivity index (χ0) is 12.1. The Bertz CT molecular complexity index is 347. The molecule has 0 spiro atoms. The van der Waals surface area contributed by atoms with Crippen LogP contribution in [-0.4, -0.2) is 42.0 Å². The predicted octanol–water partition coefficient (Wildman–Crippen LogP) is 1.81. The molecule has 1 aromatic heterocycles. The molecular weight excluding hydrogens is 222 g/mol. The van der Waals surface area contributed by atoms with E-state index in [4.69, 9.17) is 0 Å². The van der Waals surface area contributed by atoms with Gasteiger partial charge in [-0.2, -0.15) is 0 Å². The number of hydrogen-bond donors (Lipinski definition) is 1. The average Bonchev–Trinajstić information content (AvgIpc) is 2.64. The molecule has 0 radical (unpaired) electrons. The second-order valence-corrected chi connectivity index (χ2v) is 5.26. The molecule has 0 amide bonds. The molecule has 0 fully saturated rings. The van der Waals surface area contributed by atoms with Crippen molar-refractivity contribution in [1.82, 2.24) is 4.90 Å². The number of likely N-dealkylation sites (N-methyl/N-ethyl adjacent to an activating group) is 1. The van der Waals surface area contributed by atoms with Crippen LogP contribution in [0, 0.1) is 0 Å². The highest BCUT2D eigenvalue weighted by Gasteiger charge is 2.12. The molecule has 1 aromatic rings. The van der Waals surface area contributed by atoms with Gasteiger partial charge in [0.15, 0.2) is 5.78 Å². The first-order valence-electron chi connectivity index (χ1n) is 5.51. The number of nitrogens with zero attached hydrogens (tertiary/aromatic N) is 1. The maximum atomic E-state index is 11.9. The average molecular weight is 241 g/mol. The topological polar surface area (TPSA) is 40.5 Å². The molecule has 0 saturated carbocycles. The fourth-order valence-corrected chi connectivity index (χ4v) is 2.43. The third-order valence-corrected chi connectivity index (χ3v) is 3.54. The fourth-order valence-electron chi connectivity index (χ4n) is 1.56. The van der Waals surface area contributed by atoms with Crippen molar-refractivity contribution in [3.05, 3.63) is 21.9 Å². The lowest BCUT2D eigenvalue weighted by atomic mass is 10.3. The summed E-state index contributed by atoms with van der Waals surface area (Å²) in [4.78, 5) is 15.8. The van der Waals surface area contributed by atoms with Crippen LogP contribution in [0.1, 0.15) is 28.4 Å². The van der Waals surface area contributed by atoms with Crippen LogP contribution in [0.25, 0.3) is 0 Å². The number of rotatable bonds is 6. The van der Waals surface area contributed by atoms with E-state index in [0.29, 0.717) is 13.1 Å². The highest BCUT2D eigenvalue weighted by atomic mass is 32.1. The quantitative estimate of drug-likeness (QED) is 0.772. The summed E-state index contributed by atoms with van der Waals surface area (Å²) in [5.41, 5.74) is 0. The van der Waals surface area contributed by atoms with Crippen molar-refractivity contribution in [2.24, 2.45) is 0 Å². The Balaban J connectivity index is 2.51. The van der Waals surface area contributed by atoms with Crippen molar-refractivity contribution in [3.8, 4) is 0 Å². The minimum Gasteiger partial charge on any atom is -0.392 e. The number of thiophene rings is 1. The summed E-state index contributed by atoms with van der Waals surface area (Å²) in [5.74, 6) is 0.132. The number of hydrogen-bond acceptors (Lipinski definition) is 4. The van der Waals surface area contributed by atoms with E-state index in [2.05, 4.69) is 6.92 Å². The zero-order valence-corrected chi connectivity index (χ0v) is 10.9. The number of carbonyl (C=O) groups excluding carboxylic acids is 1. The first-order chi connectivity index (χ1) is 7.52. The summed E-state index contributed by atoms with van der Waals surface area (Å²) in [5, 5.41) is 9.20. The van der Waals surface area contributed by atoms with Crippen molar-refractivity contribution in [2.75, 3.05) is 20.1 Å². The molecule has 1 heterocycles. The Morgan fingerprint density at radius 3 is 2.75 bits per heavy atom. The van der Waals surface area contributed by atoms with E-state index in [1.807, 2.05) is 24.1 Å². The first kappa shape index (κ1) is 13.4. The van der Waals surface area contributed by atoms with E-state index in [1.165, 1.54) is 4.88 Å². The molecular formula is C12H19NO2S. The van der Waals surface area contributed by atoms with Gasteiger partial charge in [0.2, 0.25) is 0 Å². The fraction of sp³-hybridized carbons (Fsp3) is 0.583. The second-order valence-electron chi connectivity index (χ2n) is 4.09. The van der Waals surface area contributed by atoms with Gasteiger partial charge in [-0.1, -0.05) is 6.92 Å². The number of aryl methyl sites for hydroxylation is 1. The summed E-state index contributed by atoms with van der Waals surface area (Å²) < 4.78 is 0. The van der Waals surface area contributed by atoms with Crippen LogP contribution < -0.4 is 0 Å². The minimum absolute atomic E-state index is 0.132. The van der Waals surface area contributed by atoms with Crippen molar-refractivity contribution >= 4 is 17.1 Å². The van der Waals surface area contributed by atoms with Crippen LogP contribution in [0.2, 0.25) is 0 Å². The van der Waals surface area contributed by atoms with E-state index in [1.54, 1.807) is 18.3 Å². The van der Waals surface area contributed by atoms with Gasteiger partial charge in [-0.3, -0.25) is 9.69 Å². The first-order valence-corrected chi connectivity index (χ1v) is 6.33. The summed E-state index contributed by atoms with van der Waals surface area (Å²) in [7, 11) is 1.85. The van der Waals surface area contributed by atoms with Gasteiger partial charge in [0, 0.05) is 11.4 Å². The van der Waals surface area contributed by atoms with Crippen LogP contribution in [0.5, 0.6) is 0 Å². The lowest BCUT2D eigenvalue weighted by molar-refractivity contribution is 0.0905. The van der Waals surface area contributed by atoms with Crippen molar-refractivity contribution < 1.29 is 9.90 Å². The summed E-state index contributed by atoms with van der Waals surface area (Å²) in [6.45, 7) is 4.70. The molecule has 3 nitrogen and oxygen atoms in total. The van der Waals surface area contributed by atoms with Gasteiger partial charge in [-0.05, 0) is 32.5 Å². The number of aliphatic hydroxyl groups excluding tert-OH is 1. The van der Waals surface area contributed by atoms with Crippen LogP contribution in [-0.2, 0) is 6.42 Å². The van der Waals surface area contributed by atoms with E-state index in [-0.39, 0.29) is 5.78 Å². The van der Waals surface area contributed by atoms with Crippen LogP contribution in [0.3, 0.4) is 0 Å². The third kappa shape index (κ3) is 4.04. The molecule has 1 rings (SSSR count).